The van der Waals surface area contributed by atoms with E-state index in [9.17, 15) is 4.79 Å². The molecule has 0 N–H and O–H groups in total. The zero-order valence-corrected chi connectivity index (χ0v) is 12.8. The number of aryl methyl sites for hydroxylation is 2. The standard InChI is InChI=1S/C16H14Cl2O2/c1-10-6-7-12(8-11(10)2)14(19)9-20-15-5-3-4-13(17)16(15)18/h3-8H,9H2,1-2H3. The van der Waals surface area contributed by atoms with Gasteiger partial charge in [-0.05, 0) is 43.2 Å². The number of ketones is 1. The normalized spacial score (nSPS) is 10.4. The van der Waals surface area contributed by atoms with Crippen LogP contribution >= 0.6 is 23.2 Å². The van der Waals surface area contributed by atoms with Gasteiger partial charge in [0.15, 0.2) is 12.4 Å². The molecule has 0 radical (unpaired) electrons. The highest BCUT2D eigenvalue weighted by Crippen LogP contribution is 2.31. The average Bonchev–Trinajstić information content (AvgIpc) is 2.43. The van der Waals surface area contributed by atoms with Gasteiger partial charge in [0.05, 0.1) is 5.02 Å². The zero-order chi connectivity index (χ0) is 14.7. The van der Waals surface area contributed by atoms with Gasteiger partial charge in [-0.2, -0.15) is 0 Å². The van der Waals surface area contributed by atoms with Crippen LogP contribution in [0.3, 0.4) is 0 Å². The van der Waals surface area contributed by atoms with Gasteiger partial charge in [0.1, 0.15) is 10.8 Å². The molecule has 0 bridgehead atoms. The molecular formula is C16H14Cl2O2. The lowest BCUT2D eigenvalue weighted by atomic mass is 10.0. The van der Waals surface area contributed by atoms with Crippen molar-refractivity contribution in [3.8, 4) is 5.75 Å². The number of benzene rings is 2. The van der Waals surface area contributed by atoms with Crippen LogP contribution in [0.15, 0.2) is 36.4 Å². The maximum absolute atomic E-state index is 12.1. The molecule has 0 aliphatic carbocycles. The molecule has 2 aromatic carbocycles. The third kappa shape index (κ3) is 3.33. The quantitative estimate of drug-likeness (QED) is 0.753. The second kappa shape index (κ2) is 6.29. The minimum absolute atomic E-state index is 0.0669. The molecule has 0 unspecified atom stereocenters. The maximum Gasteiger partial charge on any atom is 0.200 e. The van der Waals surface area contributed by atoms with E-state index in [1.54, 1.807) is 24.3 Å². The van der Waals surface area contributed by atoms with Crippen molar-refractivity contribution in [3.63, 3.8) is 0 Å². The molecule has 2 aromatic rings. The van der Waals surface area contributed by atoms with Crippen LogP contribution in [-0.2, 0) is 0 Å². The van der Waals surface area contributed by atoms with E-state index in [-0.39, 0.29) is 12.4 Å². The minimum Gasteiger partial charge on any atom is -0.484 e. The van der Waals surface area contributed by atoms with Crippen LogP contribution in [-0.4, -0.2) is 12.4 Å². The molecule has 104 valence electrons. The van der Waals surface area contributed by atoms with Crippen molar-refractivity contribution in [2.24, 2.45) is 0 Å². The van der Waals surface area contributed by atoms with Gasteiger partial charge < -0.3 is 4.74 Å². The Balaban J connectivity index is 2.08. The first kappa shape index (κ1) is 14.9. The molecule has 0 aromatic heterocycles. The Morgan fingerprint density at radius 1 is 1.10 bits per heavy atom. The first-order chi connectivity index (χ1) is 9.49. The minimum atomic E-state index is -0.0934. The summed E-state index contributed by atoms with van der Waals surface area (Å²) in [7, 11) is 0. The number of halogens is 2. The summed E-state index contributed by atoms with van der Waals surface area (Å²) in [6.45, 7) is 3.91. The molecule has 2 rings (SSSR count). The number of hydrogen-bond acceptors (Lipinski definition) is 2. The average molecular weight is 309 g/mol. The second-order valence-corrected chi connectivity index (χ2v) is 5.35. The number of Topliss-reactive ketones (excluding diaryl/α,β-unsaturated/α-hetero) is 1. The summed E-state index contributed by atoms with van der Waals surface area (Å²) in [5, 5.41) is 0.727. The first-order valence-electron chi connectivity index (χ1n) is 6.16. The molecule has 0 aliphatic heterocycles. The maximum atomic E-state index is 12.1. The van der Waals surface area contributed by atoms with E-state index in [4.69, 9.17) is 27.9 Å². The van der Waals surface area contributed by atoms with Crippen LogP contribution in [0.2, 0.25) is 10.0 Å². The van der Waals surface area contributed by atoms with E-state index in [0.717, 1.165) is 11.1 Å². The van der Waals surface area contributed by atoms with Gasteiger partial charge in [-0.25, -0.2) is 0 Å². The number of rotatable bonds is 4. The molecule has 0 fully saturated rings. The van der Waals surface area contributed by atoms with E-state index >= 15 is 0 Å². The summed E-state index contributed by atoms with van der Waals surface area (Å²) in [6, 6.07) is 10.7. The van der Waals surface area contributed by atoms with Crippen LogP contribution < -0.4 is 4.74 Å². The van der Waals surface area contributed by atoms with Crippen molar-refractivity contribution < 1.29 is 9.53 Å². The summed E-state index contributed by atoms with van der Waals surface area (Å²) in [5.74, 6) is 0.320. The summed E-state index contributed by atoms with van der Waals surface area (Å²) in [6.07, 6.45) is 0. The SMILES string of the molecule is Cc1ccc(C(=O)COc2cccc(Cl)c2Cl)cc1C. The molecule has 0 saturated heterocycles. The topological polar surface area (TPSA) is 26.3 Å². The molecule has 0 spiro atoms. The lowest BCUT2D eigenvalue weighted by Gasteiger charge is -2.09. The van der Waals surface area contributed by atoms with E-state index in [2.05, 4.69) is 0 Å². The van der Waals surface area contributed by atoms with Crippen LogP contribution in [0, 0.1) is 13.8 Å². The third-order valence-corrected chi connectivity index (χ3v) is 3.91. The van der Waals surface area contributed by atoms with Crippen molar-refractivity contribution in [1.29, 1.82) is 0 Å². The summed E-state index contributed by atoms with van der Waals surface area (Å²) >= 11 is 11.9. The number of carbonyl (C=O) groups excluding carboxylic acids is 1. The highest BCUT2D eigenvalue weighted by Gasteiger charge is 2.10. The molecule has 0 saturated carbocycles. The number of ether oxygens (including phenoxy) is 1. The molecule has 20 heavy (non-hydrogen) atoms. The van der Waals surface area contributed by atoms with Crippen LogP contribution in [0.1, 0.15) is 21.5 Å². The van der Waals surface area contributed by atoms with Crippen LogP contribution in [0.4, 0.5) is 0 Å². The van der Waals surface area contributed by atoms with Gasteiger partial charge in [0, 0.05) is 5.56 Å². The highest BCUT2D eigenvalue weighted by atomic mass is 35.5. The summed E-state index contributed by atoms with van der Waals surface area (Å²) in [4.78, 5) is 12.1. The fourth-order valence-corrected chi connectivity index (χ4v) is 2.08. The van der Waals surface area contributed by atoms with Gasteiger partial charge >= 0.3 is 0 Å². The molecular weight excluding hydrogens is 295 g/mol. The summed E-state index contributed by atoms with van der Waals surface area (Å²) < 4.78 is 5.44. The Morgan fingerprint density at radius 2 is 1.85 bits per heavy atom. The Morgan fingerprint density at radius 3 is 2.55 bits per heavy atom. The molecule has 4 heteroatoms. The highest BCUT2D eigenvalue weighted by molar-refractivity contribution is 6.42. The van der Waals surface area contributed by atoms with Gasteiger partial charge in [0.25, 0.3) is 0 Å². The van der Waals surface area contributed by atoms with Crippen molar-refractivity contribution in [2.75, 3.05) is 6.61 Å². The smallest absolute Gasteiger partial charge is 0.200 e. The van der Waals surface area contributed by atoms with Crippen LogP contribution in [0.5, 0.6) is 5.75 Å². The Hall–Kier alpha value is -1.51. The largest absolute Gasteiger partial charge is 0.484 e. The first-order valence-corrected chi connectivity index (χ1v) is 6.92. The van der Waals surface area contributed by atoms with Gasteiger partial charge in [-0.15, -0.1) is 0 Å². The lowest BCUT2D eigenvalue weighted by molar-refractivity contribution is 0.0921. The van der Waals surface area contributed by atoms with Crippen molar-refractivity contribution in [1.82, 2.24) is 0 Å². The monoisotopic (exact) mass is 308 g/mol. The van der Waals surface area contributed by atoms with E-state index in [1.165, 1.54) is 0 Å². The Labute approximate surface area is 128 Å². The fourth-order valence-electron chi connectivity index (χ4n) is 1.74. The Kier molecular flexibility index (Phi) is 4.69. The van der Waals surface area contributed by atoms with Gasteiger partial charge in [-0.1, -0.05) is 41.4 Å². The van der Waals surface area contributed by atoms with Crippen LogP contribution in [0.25, 0.3) is 0 Å². The molecule has 0 atom stereocenters. The molecule has 2 nitrogen and oxygen atoms in total. The van der Waals surface area contributed by atoms with Crippen molar-refractivity contribution >= 4 is 29.0 Å². The van der Waals surface area contributed by atoms with E-state index < -0.39 is 0 Å². The lowest BCUT2D eigenvalue weighted by Crippen LogP contribution is -2.12. The van der Waals surface area contributed by atoms with Crippen molar-refractivity contribution in [2.45, 2.75) is 13.8 Å². The van der Waals surface area contributed by atoms with Gasteiger partial charge in [-0.3, -0.25) is 4.79 Å². The predicted octanol–water partition coefficient (Wildman–Crippen LogP) is 4.87. The molecule has 0 aliphatic rings. The third-order valence-electron chi connectivity index (χ3n) is 3.10. The zero-order valence-electron chi connectivity index (χ0n) is 11.2. The summed E-state index contributed by atoms with van der Waals surface area (Å²) in [5.41, 5.74) is 2.86. The van der Waals surface area contributed by atoms with E-state index in [0.29, 0.717) is 21.4 Å². The molecule has 0 heterocycles. The van der Waals surface area contributed by atoms with E-state index in [1.807, 2.05) is 26.0 Å². The number of hydrogen-bond donors (Lipinski definition) is 0. The number of carbonyl (C=O) groups is 1. The Bertz CT molecular complexity index is 651. The second-order valence-electron chi connectivity index (χ2n) is 4.56. The van der Waals surface area contributed by atoms with Gasteiger partial charge in [0.2, 0.25) is 0 Å². The predicted molar refractivity (Wildman–Crippen MR) is 82.2 cm³/mol. The fraction of sp³-hybridized carbons (Fsp3) is 0.188. The van der Waals surface area contributed by atoms with Crippen molar-refractivity contribution in [3.05, 3.63) is 63.1 Å². The molecule has 0 amide bonds.